The molecule has 0 amide bonds. The van der Waals surface area contributed by atoms with E-state index >= 15 is 0 Å². The molecule has 0 bridgehead atoms. The van der Waals surface area contributed by atoms with Gasteiger partial charge >= 0.3 is 5.97 Å². The Labute approximate surface area is 103 Å². The highest BCUT2D eigenvalue weighted by Crippen LogP contribution is 2.23. The van der Waals surface area contributed by atoms with Gasteiger partial charge < -0.3 is 5.11 Å². The zero-order valence-corrected chi connectivity index (χ0v) is 9.85. The summed E-state index contributed by atoms with van der Waals surface area (Å²) in [5.41, 5.74) is 0.331. The molecule has 0 heterocycles. The van der Waals surface area contributed by atoms with Crippen molar-refractivity contribution in [3.63, 3.8) is 0 Å². The summed E-state index contributed by atoms with van der Waals surface area (Å²) < 4.78 is 0. The number of carbonyl (C=O) groups is 1. The number of carboxylic acids is 1. The first-order valence-corrected chi connectivity index (χ1v) is 5.11. The molecule has 0 saturated carbocycles. The highest BCUT2D eigenvalue weighted by atomic mass is 35.5. The van der Waals surface area contributed by atoms with E-state index in [2.05, 4.69) is 0 Å². The summed E-state index contributed by atoms with van der Waals surface area (Å²) in [5.74, 6) is -0.989. The number of nitro groups is 1. The van der Waals surface area contributed by atoms with E-state index in [1.54, 1.807) is 7.05 Å². The molecule has 0 saturated heterocycles. The Bertz CT molecular complexity index is 450. The van der Waals surface area contributed by atoms with E-state index in [0.717, 1.165) is 0 Å². The number of hydrogen-bond acceptors (Lipinski definition) is 4. The van der Waals surface area contributed by atoms with Crippen LogP contribution in [0.15, 0.2) is 18.2 Å². The zero-order chi connectivity index (χ0) is 13.0. The van der Waals surface area contributed by atoms with Crippen LogP contribution in [0.4, 0.5) is 5.69 Å². The van der Waals surface area contributed by atoms with Gasteiger partial charge in [-0.05, 0) is 19.2 Å². The molecule has 0 aliphatic carbocycles. The van der Waals surface area contributed by atoms with Crippen LogP contribution in [-0.4, -0.2) is 34.5 Å². The predicted octanol–water partition coefficient (Wildman–Crippen LogP) is 1.76. The molecule has 0 unspecified atom stereocenters. The lowest BCUT2D eigenvalue weighted by molar-refractivity contribution is -0.385. The van der Waals surface area contributed by atoms with Crippen molar-refractivity contribution in [2.45, 2.75) is 6.54 Å². The van der Waals surface area contributed by atoms with Crippen molar-refractivity contribution in [2.24, 2.45) is 0 Å². The van der Waals surface area contributed by atoms with Crippen molar-refractivity contribution in [3.8, 4) is 0 Å². The van der Waals surface area contributed by atoms with E-state index in [1.165, 1.54) is 23.1 Å². The second-order valence-corrected chi connectivity index (χ2v) is 4.03. The Hall–Kier alpha value is -1.66. The molecule has 0 spiro atoms. The van der Waals surface area contributed by atoms with E-state index < -0.39 is 10.9 Å². The largest absolute Gasteiger partial charge is 0.480 e. The van der Waals surface area contributed by atoms with Gasteiger partial charge in [-0.15, -0.1) is 0 Å². The van der Waals surface area contributed by atoms with Crippen LogP contribution in [-0.2, 0) is 11.3 Å². The Morgan fingerprint density at radius 2 is 2.24 bits per heavy atom. The minimum absolute atomic E-state index is 0.0633. The number of halogens is 1. The SMILES string of the molecule is CN(CC(=O)O)Cc1cc(Cl)ccc1[N+](=O)[O-]. The van der Waals surface area contributed by atoms with Crippen LogP contribution in [0.1, 0.15) is 5.56 Å². The van der Waals surface area contributed by atoms with E-state index in [9.17, 15) is 14.9 Å². The molecule has 17 heavy (non-hydrogen) atoms. The summed E-state index contributed by atoms with van der Waals surface area (Å²) in [6, 6.07) is 4.21. The first-order valence-electron chi connectivity index (χ1n) is 4.73. The lowest BCUT2D eigenvalue weighted by atomic mass is 10.1. The highest BCUT2D eigenvalue weighted by Gasteiger charge is 2.16. The van der Waals surface area contributed by atoms with Gasteiger partial charge in [0.15, 0.2) is 0 Å². The smallest absolute Gasteiger partial charge is 0.317 e. The fraction of sp³-hybridized carbons (Fsp3) is 0.300. The molecule has 0 atom stereocenters. The Balaban J connectivity index is 2.92. The first kappa shape index (κ1) is 13.4. The van der Waals surface area contributed by atoms with Gasteiger partial charge in [-0.1, -0.05) is 11.6 Å². The third-order valence-electron chi connectivity index (χ3n) is 2.08. The van der Waals surface area contributed by atoms with Crippen LogP contribution in [0.25, 0.3) is 0 Å². The zero-order valence-electron chi connectivity index (χ0n) is 9.09. The van der Waals surface area contributed by atoms with Gasteiger partial charge in [0.1, 0.15) is 0 Å². The van der Waals surface area contributed by atoms with Crippen LogP contribution in [0.3, 0.4) is 0 Å². The van der Waals surface area contributed by atoms with Gasteiger partial charge in [0.05, 0.1) is 11.5 Å². The molecule has 92 valence electrons. The fourth-order valence-corrected chi connectivity index (χ4v) is 1.63. The molecule has 1 N–H and O–H groups in total. The standard InChI is InChI=1S/C10H11ClN2O4/c1-12(6-10(14)15)5-7-4-8(11)2-3-9(7)13(16)17/h2-4H,5-6H2,1H3,(H,14,15). The fourth-order valence-electron chi connectivity index (χ4n) is 1.44. The number of carboxylic acid groups (broad SMARTS) is 1. The third kappa shape index (κ3) is 4.01. The second-order valence-electron chi connectivity index (χ2n) is 3.60. The van der Waals surface area contributed by atoms with Crippen molar-refractivity contribution >= 4 is 23.3 Å². The van der Waals surface area contributed by atoms with E-state index in [1.807, 2.05) is 0 Å². The Kier molecular flexibility index (Phi) is 4.42. The molecular weight excluding hydrogens is 248 g/mol. The normalized spacial score (nSPS) is 10.5. The highest BCUT2D eigenvalue weighted by molar-refractivity contribution is 6.30. The predicted molar refractivity (Wildman–Crippen MR) is 62.1 cm³/mol. The first-order chi connectivity index (χ1) is 7.90. The summed E-state index contributed by atoms with van der Waals surface area (Å²) in [5, 5.41) is 19.7. The van der Waals surface area contributed by atoms with Gasteiger partial charge in [-0.3, -0.25) is 19.8 Å². The number of rotatable bonds is 5. The van der Waals surface area contributed by atoms with Crippen LogP contribution >= 0.6 is 11.6 Å². The number of nitrogens with zero attached hydrogens (tertiary/aromatic N) is 2. The molecular formula is C10H11ClN2O4. The number of likely N-dealkylation sites (N-methyl/N-ethyl adjacent to an activating group) is 1. The summed E-state index contributed by atoms with van der Waals surface area (Å²) in [6.07, 6.45) is 0. The molecule has 6 nitrogen and oxygen atoms in total. The van der Waals surface area contributed by atoms with E-state index in [0.29, 0.717) is 10.6 Å². The monoisotopic (exact) mass is 258 g/mol. The van der Waals surface area contributed by atoms with Crippen LogP contribution < -0.4 is 0 Å². The molecule has 0 aromatic heterocycles. The Morgan fingerprint density at radius 1 is 1.59 bits per heavy atom. The molecule has 0 fully saturated rings. The molecule has 0 radical (unpaired) electrons. The number of benzene rings is 1. The van der Waals surface area contributed by atoms with Gasteiger partial charge in [-0.2, -0.15) is 0 Å². The van der Waals surface area contributed by atoms with Crippen LogP contribution in [0, 0.1) is 10.1 Å². The molecule has 1 rings (SSSR count). The molecule has 0 aliphatic heterocycles. The number of hydrogen-bond donors (Lipinski definition) is 1. The minimum Gasteiger partial charge on any atom is -0.480 e. The van der Waals surface area contributed by atoms with Gasteiger partial charge in [0.2, 0.25) is 0 Å². The van der Waals surface area contributed by atoms with Crippen molar-refractivity contribution in [1.82, 2.24) is 4.90 Å². The maximum absolute atomic E-state index is 10.8. The quantitative estimate of drug-likeness (QED) is 0.643. The van der Waals surface area contributed by atoms with Crippen molar-refractivity contribution < 1.29 is 14.8 Å². The summed E-state index contributed by atoms with van der Waals surface area (Å²) in [6.45, 7) is -0.0349. The average molecular weight is 259 g/mol. The Morgan fingerprint density at radius 3 is 2.76 bits per heavy atom. The number of aliphatic carboxylic acids is 1. The molecule has 7 heteroatoms. The van der Waals surface area contributed by atoms with Gasteiger partial charge in [0, 0.05) is 23.2 Å². The van der Waals surface area contributed by atoms with E-state index in [-0.39, 0.29) is 18.8 Å². The number of nitro benzene ring substituents is 1. The molecule has 1 aromatic rings. The van der Waals surface area contributed by atoms with Crippen molar-refractivity contribution in [2.75, 3.05) is 13.6 Å². The topological polar surface area (TPSA) is 83.7 Å². The minimum atomic E-state index is -0.989. The lowest BCUT2D eigenvalue weighted by Gasteiger charge is -2.14. The van der Waals surface area contributed by atoms with E-state index in [4.69, 9.17) is 16.7 Å². The second kappa shape index (κ2) is 5.60. The molecule has 0 aliphatic rings. The maximum Gasteiger partial charge on any atom is 0.317 e. The van der Waals surface area contributed by atoms with Gasteiger partial charge in [-0.25, -0.2) is 0 Å². The summed E-state index contributed by atoms with van der Waals surface area (Å²) >= 11 is 5.75. The lowest BCUT2D eigenvalue weighted by Crippen LogP contribution is -2.25. The van der Waals surface area contributed by atoms with Crippen molar-refractivity contribution in [3.05, 3.63) is 38.9 Å². The summed E-state index contributed by atoms with van der Waals surface area (Å²) in [4.78, 5) is 22.2. The maximum atomic E-state index is 10.8. The molecule has 1 aromatic carbocycles. The third-order valence-corrected chi connectivity index (χ3v) is 2.32. The van der Waals surface area contributed by atoms with Crippen LogP contribution in [0.5, 0.6) is 0 Å². The van der Waals surface area contributed by atoms with Crippen LogP contribution in [0.2, 0.25) is 5.02 Å². The summed E-state index contributed by atoms with van der Waals surface area (Å²) in [7, 11) is 1.57. The average Bonchev–Trinajstić information content (AvgIpc) is 2.15. The van der Waals surface area contributed by atoms with Gasteiger partial charge in [0.25, 0.3) is 5.69 Å². The van der Waals surface area contributed by atoms with Crippen molar-refractivity contribution in [1.29, 1.82) is 0 Å².